The molecule has 2 aromatic carbocycles. The lowest BCUT2D eigenvalue weighted by atomic mass is 10.1. The molecule has 3 nitrogen and oxygen atoms in total. The molecule has 0 aliphatic rings. The summed E-state index contributed by atoms with van der Waals surface area (Å²) in [6, 6.07) is 12.8. The van der Waals surface area contributed by atoms with E-state index in [0.29, 0.717) is 10.6 Å². The van der Waals surface area contributed by atoms with Crippen molar-refractivity contribution in [2.24, 2.45) is 0 Å². The molecule has 0 aliphatic carbocycles. The lowest BCUT2D eigenvalue weighted by molar-refractivity contribution is 0.511. The predicted octanol–water partition coefficient (Wildman–Crippen LogP) is 3.98. The molecule has 104 valence electrons. The molecule has 0 aliphatic heterocycles. The predicted molar refractivity (Wildman–Crippen MR) is 80.4 cm³/mol. The molecular formula is C15H13ClO3S. The van der Waals surface area contributed by atoms with E-state index in [2.05, 4.69) is 0 Å². The second-order valence-electron chi connectivity index (χ2n) is 4.32. The van der Waals surface area contributed by atoms with Gasteiger partial charge in [-0.1, -0.05) is 35.9 Å². The van der Waals surface area contributed by atoms with Gasteiger partial charge in [0.05, 0.1) is 10.3 Å². The van der Waals surface area contributed by atoms with E-state index in [1.54, 1.807) is 25.1 Å². The third-order valence-corrected chi connectivity index (χ3v) is 4.54. The highest BCUT2D eigenvalue weighted by molar-refractivity contribution is 7.94. The monoisotopic (exact) mass is 308 g/mol. The van der Waals surface area contributed by atoms with E-state index in [1.807, 2.05) is 6.07 Å². The van der Waals surface area contributed by atoms with Gasteiger partial charge >= 0.3 is 0 Å². The van der Waals surface area contributed by atoms with E-state index in [0.717, 1.165) is 11.0 Å². The Kier molecular flexibility index (Phi) is 4.16. The second-order valence-corrected chi connectivity index (χ2v) is 6.55. The molecule has 0 bridgehead atoms. The summed E-state index contributed by atoms with van der Waals surface area (Å²) in [5, 5.41) is 11.3. The van der Waals surface area contributed by atoms with Crippen LogP contribution in [0.25, 0.3) is 5.76 Å². The van der Waals surface area contributed by atoms with Gasteiger partial charge in [-0.3, -0.25) is 0 Å². The minimum atomic E-state index is -3.71. The molecule has 0 fully saturated rings. The Labute approximate surface area is 123 Å². The molecule has 2 aromatic rings. The SMILES string of the molecule is Cc1ccccc1/C(O)=C/S(=O)(=O)c1ccc(Cl)cc1. The van der Waals surface area contributed by atoms with Crippen LogP contribution in [0.4, 0.5) is 0 Å². The van der Waals surface area contributed by atoms with Crippen LogP contribution in [0.1, 0.15) is 11.1 Å². The van der Waals surface area contributed by atoms with Crippen LogP contribution >= 0.6 is 11.6 Å². The maximum Gasteiger partial charge on any atom is 0.203 e. The molecule has 0 radical (unpaired) electrons. The van der Waals surface area contributed by atoms with Crippen molar-refractivity contribution in [3.8, 4) is 0 Å². The Morgan fingerprint density at radius 3 is 2.30 bits per heavy atom. The zero-order valence-electron chi connectivity index (χ0n) is 10.7. The fraction of sp³-hybridized carbons (Fsp3) is 0.0667. The second kappa shape index (κ2) is 5.69. The average Bonchev–Trinajstić information content (AvgIpc) is 2.39. The highest BCUT2D eigenvalue weighted by Crippen LogP contribution is 2.21. The Balaban J connectivity index is 2.43. The summed E-state index contributed by atoms with van der Waals surface area (Å²) in [6.45, 7) is 1.80. The lowest BCUT2D eigenvalue weighted by Gasteiger charge is -2.05. The lowest BCUT2D eigenvalue weighted by Crippen LogP contribution is -1.98. The Morgan fingerprint density at radius 1 is 1.10 bits per heavy atom. The van der Waals surface area contributed by atoms with Gasteiger partial charge in [0, 0.05) is 10.6 Å². The summed E-state index contributed by atoms with van der Waals surface area (Å²) in [5.41, 5.74) is 1.29. The van der Waals surface area contributed by atoms with Crippen LogP contribution in [-0.2, 0) is 9.84 Å². The van der Waals surface area contributed by atoms with Gasteiger partial charge in [0.25, 0.3) is 0 Å². The molecule has 1 N–H and O–H groups in total. The van der Waals surface area contributed by atoms with Crippen molar-refractivity contribution < 1.29 is 13.5 Å². The molecule has 0 saturated heterocycles. The molecule has 0 unspecified atom stereocenters. The minimum absolute atomic E-state index is 0.0852. The molecule has 0 spiro atoms. The van der Waals surface area contributed by atoms with Gasteiger partial charge < -0.3 is 5.11 Å². The number of hydrogen-bond acceptors (Lipinski definition) is 3. The number of halogens is 1. The van der Waals surface area contributed by atoms with E-state index in [-0.39, 0.29) is 10.7 Å². The number of aliphatic hydroxyl groups is 1. The first-order valence-corrected chi connectivity index (χ1v) is 7.80. The highest BCUT2D eigenvalue weighted by atomic mass is 35.5. The van der Waals surface area contributed by atoms with Crippen LogP contribution < -0.4 is 0 Å². The molecule has 5 heteroatoms. The number of hydrogen-bond donors (Lipinski definition) is 1. The van der Waals surface area contributed by atoms with E-state index in [9.17, 15) is 13.5 Å². The van der Waals surface area contributed by atoms with Crippen molar-refractivity contribution >= 4 is 27.2 Å². The largest absolute Gasteiger partial charge is 0.507 e. The van der Waals surface area contributed by atoms with Crippen molar-refractivity contribution in [3.05, 3.63) is 70.1 Å². The minimum Gasteiger partial charge on any atom is -0.507 e. The Hall–Kier alpha value is -1.78. The van der Waals surface area contributed by atoms with Crippen LogP contribution in [0.5, 0.6) is 0 Å². The highest BCUT2D eigenvalue weighted by Gasteiger charge is 2.14. The van der Waals surface area contributed by atoms with Gasteiger partial charge in [0.1, 0.15) is 5.76 Å². The Bertz CT molecular complexity index is 747. The van der Waals surface area contributed by atoms with E-state index in [4.69, 9.17) is 11.6 Å². The van der Waals surface area contributed by atoms with Gasteiger partial charge in [0.15, 0.2) is 0 Å². The van der Waals surface area contributed by atoms with Crippen LogP contribution in [0.15, 0.2) is 58.8 Å². The summed E-state index contributed by atoms with van der Waals surface area (Å²) in [6.07, 6.45) is 0. The van der Waals surface area contributed by atoms with Crippen LogP contribution in [0.2, 0.25) is 5.02 Å². The van der Waals surface area contributed by atoms with Crippen molar-refractivity contribution in [2.45, 2.75) is 11.8 Å². The van der Waals surface area contributed by atoms with Crippen LogP contribution in [0, 0.1) is 6.92 Å². The number of rotatable bonds is 3. The van der Waals surface area contributed by atoms with Crippen molar-refractivity contribution in [3.63, 3.8) is 0 Å². The van der Waals surface area contributed by atoms with Gasteiger partial charge in [0.2, 0.25) is 9.84 Å². The fourth-order valence-corrected chi connectivity index (χ4v) is 2.96. The van der Waals surface area contributed by atoms with E-state index < -0.39 is 9.84 Å². The van der Waals surface area contributed by atoms with Gasteiger partial charge in [-0.25, -0.2) is 8.42 Å². The first-order valence-electron chi connectivity index (χ1n) is 5.87. The maximum atomic E-state index is 12.2. The molecule has 0 atom stereocenters. The van der Waals surface area contributed by atoms with Gasteiger partial charge in [-0.2, -0.15) is 0 Å². The van der Waals surface area contributed by atoms with Crippen LogP contribution in [0.3, 0.4) is 0 Å². The normalized spacial score (nSPS) is 12.4. The quantitative estimate of drug-likeness (QED) is 0.873. The zero-order valence-corrected chi connectivity index (χ0v) is 12.3. The molecule has 2 rings (SSSR count). The van der Waals surface area contributed by atoms with Crippen molar-refractivity contribution in [2.75, 3.05) is 0 Å². The van der Waals surface area contributed by atoms with Gasteiger partial charge in [-0.15, -0.1) is 0 Å². The molecule has 20 heavy (non-hydrogen) atoms. The average molecular weight is 309 g/mol. The molecule has 0 aromatic heterocycles. The third kappa shape index (κ3) is 3.21. The third-order valence-electron chi connectivity index (χ3n) is 2.83. The molecule has 0 heterocycles. The van der Waals surface area contributed by atoms with Crippen molar-refractivity contribution in [1.29, 1.82) is 0 Å². The molecule has 0 saturated carbocycles. The molecular weight excluding hydrogens is 296 g/mol. The number of aryl methyl sites for hydroxylation is 1. The fourth-order valence-electron chi connectivity index (χ4n) is 1.76. The van der Waals surface area contributed by atoms with Crippen LogP contribution in [-0.4, -0.2) is 13.5 Å². The summed E-state index contributed by atoms with van der Waals surface area (Å²) in [7, 11) is -3.71. The number of sulfone groups is 1. The number of aliphatic hydroxyl groups excluding tert-OH is 1. The smallest absolute Gasteiger partial charge is 0.203 e. The maximum absolute atomic E-state index is 12.2. The van der Waals surface area contributed by atoms with E-state index >= 15 is 0 Å². The van der Waals surface area contributed by atoms with Gasteiger partial charge in [-0.05, 0) is 36.8 Å². The summed E-state index contributed by atoms with van der Waals surface area (Å²) in [5.74, 6) is -0.280. The zero-order chi connectivity index (χ0) is 14.8. The first-order chi connectivity index (χ1) is 9.40. The topological polar surface area (TPSA) is 54.4 Å². The Morgan fingerprint density at radius 2 is 1.70 bits per heavy atom. The summed E-state index contributed by atoms with van der Waals surface area (Å²) >= 11 is 5.72. The summed E-state index contributed by atoms with van der Waals surface area (Å²) in [4.78, 5) is 0.0852. The summed E-state index contributed by atoms with van der Waals surface area (Å²) < 4.78 is 24.3. The van der Waals surface area contributed by atoms with E-state index in [1.165, 1.54) is 24.3 Å². The number of benzene rings is 2. The standard InChI is InChI=1S/C15H13ClO3S/c1-11-4-2-3-5-14(11)15(17)10-20(18,19)13-8-6-12(16)7-9-13/h2-10,17H,1H3/b15-10-. The first kappa shape index (κ1) is 14.6. The van der Waals surface area contributed by atoms with Crippen molar-refractivity contribution in [1.82, 2.24) is 0 Å². The molecule has 0 amide bonds.